The molecule has 1 aliphatic rings. The van der Waals surface area contributed by atoms with Gasteiger partial charge in [-0.2, -0.15) is 0 Å². The molecule has 1 aromatic rings. The van der Waals surface area contributed by atoms with Gasteiger partial charge in [-0.15, -0.1) is 3.89 Å². The Hall–Kier alpha value is -1.41. The lowest BCUT2D eigenvalue weighted by Crippen LogP contribution is -2.45. The van der Waals surface area contributed by atoms with Gasteiger partial charge in [0.2, 0.25) is 0 Å². The zero-order valence-electron chi connectivity index (χ0n) is 11.8. The fourth-order valence-corrected chi connectivity index (χ4v) is 3.04. The molecule has 1 unspecified atom stereocenters. The van der Waals surface area contributed by atoms with E-state index in [0.717, 1.165) is 14.3 Å². The molecule has 0 saturated carbocycles. The number of carbonyl (C=O) groups is 3. The number of amides is 2. The molecule has 5 nitrogen and oxygen atoms in total. The molecule has 1 aromatic carbocycles. The van der Waals surface area contributed by atoms with Crippen molar-refractivity contribution in [2.75, 3.05) is 7.05 Å². The number of hydrogen-bond acceptors (Lipinski definition) is 4. The van der Waals surface area contributed by atoms with Crippen molar-refractivity contribution in [3.63, 3.8) is 0 Å². The first-order valence-corrected chi connectivity index (χ1v) is 8.05. The van der Waals surface area contributed by atoms with Crippen molar-refractivity contribution in [3.8, 4) is 0 Å². The summed E-state index contributed by atoms with van der Waals surface area (Å²) in [6.07, 6.45) is 0.992. The first-order valence-electron chi connectivity index (χ1n) is 6.59. The highest BCUT2D eigenvalue weighted by molar-refractivity contribution is 9.10. The Kier molecular flexibility index (Phi) is 5.57. The number of fused-ring (bicyclic) bond motifs is 1. The van der Waals surface area contributed by atoms with E-state index in [9.17, 15) is 18.3 Å². The van der Waals surface area contributed by atoms with Crippen molar-refractivity contribution in [1.82, 2.24) is 9.21 Å². The lowest BCUT2D eigenvalue weighted by atomic mass is 10.1. The number of aldehydes is 1. The van der Waals surface area contributed by atoms with Crippen LogP contribution in [0.1, 0.15) is 28.8 Å². The van der Waals surface area contributed by atoms with Crippen LogP contribution in [0.3, 0.4) is 0 Å². The maximum Gasteiger partial charge on any atom is 0.256 e. The molecule has 2 rings (SSSR count). The average molecular weight is 389 g/mol. The molecule has 22 heavy (non-hydrogen) atoms. The van der Waals surface area contributed by atoms with Gasteiger partial charge in [0.05, 0.1) is 0 Å². The van der Waals surface area contributed by atoms with Crippen molar-refractivity contribution in [1.29, 1.82) is 0 Å². The molecule has 1 aliphatic heterocycles. The molecule has 0 saturated heterocycles. The Morgan fingerprint density at radius 3 is 2.95 bits per heavy atom. The fraction of sp³-hybridized carbons (Fsp3) is 0.357. The lowest BCUT2D eigenvalue weighted by molar-refractivity contribution is -0.130. The van der Waals surface area contributed by atoms with Crippen LogP contribution in [0.5, 0.6) is 0 Å². The normalized spacial score (nSPS) is 14.7. The summed E-state index contributed by atoms with van der Waals surface area (Å²) in [5.41, 5.74) is 1.33. The van der Waals surface area contributed by atoms with Crippen LogP contribution in [0.4, 0.5) is 3.89 Å². The van der Waals surface area contributed by atoms with Gasteiger partial charge < -0.3 is 9.69 Å². The van der Waals surface area contributed by atoms with E-state index in [-0.39, 0.29) is 37.6 Å². The number of rotatable bonds is 6. The molecule has 118 valence electrons. The van der Waals surface area contributed by atoms with Crippen molar-refractivity contribution in [2.24, 2.45) is 0 Å². The van der Waals surface area contributed by atoms with Crippen molar-refractivity contribution in [2.45, 2.75) is 25.4 Å². The zero-order chi connectivity index (χ0) is 16.3. The third-order valence-electron chi connectivity index (χ3n) is 3.53. The number of benzene rings is 1. The van der Waals surface area contributed by atoms with Gasteiger partial charge in [0.15, 0.2) is 12.3 Å². The standard InChI is InChI=1S/C14H14BrFN2O3S/c1-17(22-16)14(21)12(3-2-6-19)18-8-9-7-10(15)4-5-11(9)13(18)20/h4-7,12H,2-3,8H2,1H3. The third-order valence-corrected chi connectivity index (χ3v) is 4.41. The summed E-state index contributed by atoms with van der Waals surface area (Å²) in [6.45, 7) is 0.271. The first-order chi connectivity index (χ1) is 10.5. The minimum Gasteiger partial charge on any atom is -0.322 e. The maximum atomic E-state index is 12.7. The molecular formula is C14H14BrFN2O3S. The van der Waals surface area contributed by atoms with Crippen molar-refractivity contribution in [3.05, 3.63) is 33.8 Å². The highest BCUT2D eigenvalue weighted by atomic mass is 79.9. The van der Waals surface area contributed by atoms with Crippen LogP contribution >= 0.6 is 28.3 Å². The number of hydrogen-bond donors (Lipinski definition) is 0. The number of likely N-dealkylation sites (N-methyl/N-ethyl adjacent to an activating group) is 1. The summed E-state index contributed by atoms with van der Waals surface area (Å²) in [5, 5.41) is 0. The Labute approximate surface area is 140 Å². The largest absolute Gasteiger partial charge is 0.322 e. The molecule has 2 amide bonds. The number of carbonyl (C=O) groups excluding carboxylic acids is 3. The van der Waals surface area contributed by atoms with Crippen LogP contribution in [-0.4, -0.2) is 40.4 Å². The molecule has 0 N–H and O–H groups in total. The monoisotopic (exact) mass is 388 g/mol. The molecule has 0 aromatic heterocycles. The van der Waals surface area contributed by atoms with Crippen LogP contribution in [-0.2, 0) is 16.1 Å². The summed E-state index contributed by atoms with van der Waals surface area (Å²) >= 11 is 3.13. The predicted molar refractivity (Wildman–Crippen MR) is 84.6 cm³/mol. The molecule has 8 heteroatoms. The summed E-state index contributed by atoms with van der Waals surface area (Å²) < 4.78 is 14.3. The second kappa shape index (κ2) is 7.23. The van der Waals surface area contributed by atoms with Crippen LogP contribution in [0, 0.1) is 0 Å². The lowest BCUT2D eigenvalue weighted by Gasteiger charge is -2.28. The van der Waals surface area contributed by atoms with E-state index in [1.165, 1.54) is 11.9 Å². The Bertz CT molecular complexity index is 614. The topological polar surface area (TPSA) is 57.7 Å². The predicted octanol–water partition coefficient (Wildman–Crippen LogP) is 2.74. The van der Waals surface area contributed by atoms with Gasteiger partial charge in [-0.05, 0) is 30.2 Å². The van der Waals surface area contributed by atoms with E-state index in [2.05, 4.69) is 15.9 Å². The molecule has 0 fully saturated rings. The van der Waals surface area contributed by atoms with Gasteiger partial charge in [-0.1, -0.05) is 15.9 Å². The molecule has 0 radical (unpaired) electrons. The summed E-state index contributed by atoms with van der Waals surface area (Å²) in [5.74, 6) is -0.807. The quantitative estimate of drug-likeness (QED) is 0.555. The second-order valence-electron chi connectivity index (χ2n) is 4.90. The van der Waals surface area contributed by atoms with Crippen molar-refractivity contribution < 1.29 is 18.3 Å². The summed E-state index contributed by atoms with van der Waals surface area (Å²) in [6, 6.07) is 4.42. The fourth-order valence-electron chi connectivity index (χ4n) is 2.45. The SMILES string of the molecule is CN(SF)C(=O)C(CCC=O)N1Cc2cc(Br)ccc2C1=O. The molecule has 0 aliphatic carbocycles. The van der Waals surface area contributed by atoms with Gasteiger partial charge in [0, 0.05) is 30.0 Å². The molecule has 0 bridgehead atoms. The van der Waals surface area contributed by atoms with E-state index >= 15 is 0 Å². The highest BCUT2D eigenvalue weighted by Gasteiger charge is 2.37. The van der Waals surface area contributed by atoms with Crippen LogP contribution < -0.4 is 0 Å². The highest BCUT2D eigenvalue weighted by Crippen LogP contribution is 2.29. The second-order valence-corrected chi connectivity index (χ2v) is 6.50. The van der Waals surface area contributed by atoms with Crippen LogP contribution in [0.15, 0.2) is 22.7 Å². The molecule has 1 heterocycles. The first kappa shape index (κ1) is 17.0. The number of nitrogens with zero attached hydrogens (tertiary/aromatic N) is 2. The van der Waals surface area contributed by atoms with Gasteiger partial charge in [0.25, 0.3) is 11.8 Å². The molecule has 0 spiro atoms. The Balaban J connectivity index is 2.27. The van der Waals surface area contributed by atoms with Crippen LogP contribution in [0.25, 0.3) is 0 Å². The van der Waals surface area contributed by atoms with E-state index in [1.54, 1.807) is 12.1 Å². The smallest absolute Gasteiger partial charge is 0.256 e. The minimum absolute atomic E-state index is 0.130. The Morgan fingerprint density at radius 1 is 1.59 bits per heavy atom. The maximum absolute atomic E-state index is 12.7. The van der Waals surface area contributed by atoms with Gasteiger partial charge in [-0.3, -0.25) is 13.9 Å². The Morgan fingerprint density at radius 2 is 2.32 bits per heavy atom. The number of halogens is 2. The minimum atomic E-state index is -0.850. The van der Waals surface area contributed by atoms with Gasteiger partial charge in [-0.25, -0.2) is 0 Å². The average Bonchev–Trinajstić information content (AvgIpc) is 2.83. The van der Waals surface area contributed by atoms with Gasteiger partial charge >= 0.3 is 0 Å². The van der Waals surface area contributed by atoms with E-state index in [4.69, 9.17) is 0 Å². The van der Waals surface area contributed by atoms with Crippen molar-refractivity contribution >= 4 is 46.4 Å². The van der Waals surface area contributed by atoms with E-state index < -0.39 is 11.9 Å². The summed E-state index contributed by atoms with van der Waals surface area (Å²) in [7, 11) is 1.30. The van der Waals surface area contributed by atoms with E-state index in [0.29, 0.717) is 11.8 Å². The van der Waals surface area contributed by atoms with Gasteiger partial charge in [0.1, 0.15) is 12.3 Å². The summed E-state index contributed by atoms with van der Waals surface area (Å²) in [4.78, 5) is 36.8. The molecular weight excluding hydrogens is 375 g/mol. The van der Waals surface area contributed by atoms with E-state index in [1.807, 2.05) is 6.07 Å². The molecule has 1 atom stereocenters. The third kappa shape index (κ3) is 3.33. The van der Waals surface area contributed by atoms with Crippen LogP contribution in [0.2, 0.25) is 0 Å². The zero-order valence-corrected chi connectivity index (χ0v) is 14.2.